The van der Waals surface area contributed by atoms with Crippen LogP contribution in [0.1, 0.15) is 27.9 Å². The number of fused-ring (bicyclic) bond motifs is 1. The summed E-state index contributed by atoms with van der Waals surface area (Å²) in [7, 11) is 1.79. The zero-order valence-electron chi connectivity index (χ0n) is 19.3. The second-order valence-corrected chi connectivity index (χ2v) is 8.90. The van der Waals surface area contributed by atoms with Gasteiger partial charge < -0.3 is 14.0 Å². The Hall–Kier alpha value is -3.64. The number of imidazole rings is 1. The zero-order valence-corrected chi connectivity index (χ0v) is 20.0. The van der Waals surface area contributed by atoms with Crippen molar-refractivity contribution in [1.82, 2.24) is 14.0 Å². The van der Waals surface area contributed by atoms with Crippen molar-refractivity contribution in [2.24, 2.45) is 0 Å². The minimum Gasteiger partial charge on any atom is -0.341 e. The van der Waals surface area contributed by atoms with E-state index in [1.807, 2.05) is 55.5 Å². The number of amides is 1. The molecule has 0 bridgehead atoms. The Morgan fingerprint density at radius 1 is 0.912 bits per heavy atom. The highest BCUT2D eigenvalue weighted by molar-refractivity contribution is 6.30. The van der Waals surface area contributed by atoms with Gasteiger partial charge in [-0.05, 0) is 48.9 Å². The zero-order chi connectivity index (χ0) is 24.2. The highest BCUT2D eigenvalue weighted by Gasteiger charge is 2.16. The fraction of sp³-hybridized carbons (Fsp3) is 0.222. The predicted octanol–water partition coefficient (Wildman–Crippen LogP) is 4.82. The number of nitrogens with one attached hydrogen (secondary N) is 1. The number of rotatable bonds is 8. The maximum absolute atomic E-state index is 12.9. The van der Waals surface area contributed by atoms with Gasteiger partial charge in [-0.25, -0.2) is 0 Å². The number of aryl methyl sites for hydroxylation is 2. The van der Waals surface area contributed by atoms with Gasteiger partial charge in [-0.1, -0.05) is 53.6 Å². The van der Waals surface area contributed by atoms with Crippen LogP contribution in [0.25, 0.3) is 11.0 Å². The maximum Gasteiger partial charge on any atom is 0.224 e. The highest BCUT2D eigenvalue weighted by atomic mass is 35.5. The van der Waals surface area contributed by atoms with Crippen molar-refractivity contribution in [3.05, 3.63) is 100 Å². The molecule has 3 aromatic carbocycles. The van der Waals surface area contributed by atoms with Crippen LogP contribution < -0.4 is 5.62 Å². The Labute approximate surface area is 203 Å². The van der Waals surface area contributed by atoms with Crippen molar-refractivity contribution >= 4 is 34.3 Å². The van der Waals surface area contributed by atoms with E-state index in [0.717, 1.165) is 16.6 Å². The molecular formula is C27H27ClN4O2. The topological polar surface area (TPSA) is 71.1 Å². The van der Waals surface area contributed by atoms with Gasteiger partial charge in [0.05, 0.1) is 17.6 Å². The third kappa shape index (κ3) is 5.13. The summed E-state index contributed by atoms with van der Waals surface area (Å²) in [6.07, 6.45) is 0.262. The first kappa shape index (κ1) is 23.5. The monoisotopic (exact) mass is 474 g/mol. The van der Waals surface area contributed by atoms with Crippen molar-refractivity contribution < 1.29 is 9.59 Å². The number of carbonyl (C=O) groups is 2. The van der Waals surface area contributed by atoms with E-state index in [-0.39, 0.29) is 30.3 Å². The minimum absolute atomic E-state index is 0.00143. The van der Waals surface area contributed by atoms with E-state index in [2.05, 4.69) is 0 Å². The molecule has 0 unspecified atom stereocenters. The van der Waals surface area contributed by atoms with Crippen molar-refractivity contribution in [3.63, 3.8) is 0 Å². The van der Waals surface area contributed by atoms with Crippen LogP contribution in [0.15, 0.2) is 72.8 Å². The number of aromatic nitrogens is 2. The summed E-state index contributed by atoms with van der Waals surface area (Å²) in [4.78, 5) is 27.4. The van der Waals surface area contributed by atoms with Crippen LogP contribution in [-0.4, -0.2) is 32.8 Å². The highest BCUT2D eigenvalue weighted by Crippen LogP contribution is 2.16. The van der Waals surface area contributed by atoms with Crippen LogP contribution in [0.5, 0.6) is 0 Å². The number of nitrogens with zero attached hydrogens (tertiary/aromatic N) is 3. The largest absolute Gasteiger partial charge is 0.341 e. The summed E-state index contributed by atoms with van der Waals surface area (Å²) in [5, 5.41) is 9.31. The lowest BCUT2D eigenvalue weighted by Crippen LogP contribution is -2.31. The van der Waals surface area contributed by atoms with Gasteiger partial charge in [-0.3, -0.25) is 15.0 Å². The predicted molar refractivity (Wildman–Crippen MR) is 134 cm³/mol. The van der Waals surface area contributed by atoms with E-state index in [1.54, 1.807) is 45.3 Å². The van der Waals surface area contributed by atoms with Gasteiger partial charge in [0.25, 0.3) is 0 Å². The molecule has 4 aromatic rings. The molecule has 0 radical (unpaired) electrons. The van der Waals surface area contributed by atoms with Gasteiger partial charge in [0, 0.05) is 37.1 Å². The number of benzene rings is 3. The molecule has 0 atom stereocenters. The van der Waals surface area contributed by atoms with Crippen molar-refractivity contribution in [3.8, 4) is 0 Å². The van der Waals surface area contributed by atoms with Crippen molar-refractivity contribution in [1.29, 1.82) is 5.41 Å². The quantitative estimate of drug-likeness (QED) is 0.372. The number of halogens is 1. The lowest BCUT2D eigenvalue weighted by atomic mass is 10.1. The summed E-state index contributed by atoms with van der Waals surface area (Å²) in [5.41, 5.74) is 4.61. The summed E-state index contributed by atoms with van der Waals surface area (Å²) in [5.74, 6) is -0.103. The SMILES string of the molecule is Cc1ccc(CN(C)C(=O)CCn2c(=N)n(CC(=O)c3ccc(Cl)cc3)c3ccccc32)cc1. The summed E-state index contributed by atoms with van der Waals surface area (Å²) in [6, 6.07) is 22.5. The molecule has 0 aliphatic heterocycles. The fourth-order valence-electron chi connectivity index (χ4n) is 4.01. The lowest BCUT2D eigenvalue weighted by Gasteiger charge is -2.17. The van der Waals surface area contributed by atoms with Crippen LogP contribution >= 0.6 is 11.6 Å². The number of carbonyl (C=O) groups excluding carboxylic acids is 2. The molecule has 34 heavy (non-hydrogen) atoms. The van der Waals surface area contributed by atoms with Crippen LogP contribution in [0.3, 0.4) is 0 Å². The van der Waals surface area contributed by atoms with E-state index >= 15 is 0 Å². The summed E-state index contributed by atoms with van der Waals surface area (Å²) in [6.45, 7) is 2.97. The molecule has 1 aromatic heterocycles. The number of para-hydroxylation sites is 2. The second kappa shape index (κ2) is 10.1. The minimum atomic E-state index is -0.105. The van der Waals surface area contributed by atoms with E-state index in [0.29, 0.717) is 23.7 Å². The molecule has 6 nitrogen and oxygen atoms in total. The Morgan fingerprint density at radius 3 is 2.18 bits per heavy atom. The standard InChI is InChI=1S/C27H27ClN4O2/c1-19-7-9-20(10-8-19)17-30(2)26(34)15-16-31-23-5-3-4-6-24(23)32(27(31)29)18-25(33)21-11-13-22(28)14-12-21/h3-14,29H,15-18H2,1-2H3. The normalized spacial score (nSPS) is 11.0. The Morgan fingerprint density at radius 2 is 1.53 bits per heavy atom. The Kier molecular flexibility index (Phi) is 6.98. The summed E-state index contributed by atoms with van der Waals surface area (Å²) < 4.78 is 3.48. The number of hydrogen-bond donors (Lipinski definition) is 1. The van der Waals surface area contributed by atoms with Crippen LogP contribution in [0.2, 0.25) is 5.02 Å². The van der Waals surface area contributed by atoms with Gasteiger partial charge >= 0.3 is 0 Å². The van der Waals surface area contributed by atoms with Crippen molar-refractivity contribution in [2.45, 2.75) is 33.0 Å². The number of hydrogen-bond acceptors (Lipinski definition) is 3. The van der Waals surface area contributed by atoms with Gasteiger partial charge in [0.15, 0.2) is 5.78 Å². The Bertz CT molecular complexity index is 1390. The van der Waals surface area contributed by atoms with Crippen molar-refractivity contribution in [2.75, 3.05) is 7.05 Å². The maximum atomic E-state index is 12.9. The summed E-state index contributed by atoms with van der Waals surface area (Å²) >= 11 is 5.94. The first-order chi connectivity index (χ1) is 16.3. The molecule has 0 saturated carbocycles. The molecule has 1 N–H and O–H groups in total. The molecule has 0 aliphatic rings. The first-order valence-electron chi connectivity index (χ1n) is 11.1. The smallest absolute Gasteiger partial charge is 0.224 e. The molecule has 174 valence electrons. The molecule has 0 fully saturated rings. The van der Waals surface area contributed by atoms with E-state index in [4.69, 9.17) is 17.0 Å². The molecule has 4 rings (SSSR count). The molecular weight excluding hydrogens is 448 g/mol. The molecule has 1 amide bonds. The fourth-order valence-corrected chi connectivity index (χ4v) is 4.13. The average Bonchev–Trinajstić information content (AvgIpc) is 3.10. The van der Waals surface area contributed by atoms with Crippen LogP contribution in [0, 0.1) is 12.3 Å². The van der Waals surface area contributed by atoms with Gasteiger partial charge in [-0.2, -0.15) is 0 Å². The van der Waals surface area contributed by atoms with Crippen LogP contribution in [0.4, 0.5) is 0 Å². The average molecular weight is 475 g/mol. The molecule has 0 spiro atoms. The van der Waals surface area contributed by atoms with Gasteiger partial charge in [0.1, 0.15) is 0 Å². The second-order valence-electron chi connectivity index (χ2n) is 8.47. The van der Waals surface area contributed by atoms with E-state index in [1.165, 1.54) is 5.56 Å². The van der Waals surface area contributed by atoms with E-state index in [9.17, 15) is 9.59 Å². The molecule has 0 saturated heterocycles. The Balaban J connectivity index is 1.51. The number of Topliss-reactive ketones (excluding diaryl/α,β-unsaturated/α-hetero) is 1. The first-order valence-corrected chi connectivity index (χ1v) is 11.5. The molecule has 1 heterocycles. The third-order valence-electron chi connectivity index (χ3n) is 5.96. The number of ketones is 1. The lowest BCUT2D eigenvalue weighted by molar-refractivity contribution is -0.130. The van der Waals surface area contributed by atoms with Gasteiger partial charge in [-0.15, -0.1) is 0 Å². The third-order valence-corrected chi connectivity index (χ3v) is 6.21. The van der Waals surface area contributed by atoms with Gasteiger partial charge in [0.2, 0.25) is 11.5 Å². The molecule has 0 aliphatic carbocycles. The van der Waals surface area contributed by atoms with Crippen LogP contribution in [-0.2, 0) is 24.4 Å². The molecule has 7 heteroatoms. The van der Waals surface area contributed by atoms with E-state index < -0.39 is 0 Å².